The summed E-state index contributed by atoms with van der Waals surface area (Å²) in [7, 11) is 2.06. The summed E-state index contributed by atoms with van der Waals surface area (Å²) in [6, 6.07) is 1.94. The zero-order valence-corrected chi connectivity index (χ0v) is 15.7. The fourth-order valence-electron chi connectivity index (χ4n) is 4.19. The number of hydrogen-bond acceptors (Lipinski definition) is 4. The van der Waals surface area contributed by atoms with E-state index >= 15 is 0 Å². The summed E-state index contributed by atoms with van der Waals surface area (Å²) in [4.78, 5) is 21.5. The molecule has 134 valence electrons. The van der Waals surface area contributed by atoms with Crippen LogP contribution < -0.4 is 0 Å². The average molecular weight is 359 g/mol. The lowest BCUT2D eigenvalue weighted by Gasteiger charge is -2.46. The molecule has 1 spiro atoms. The predicted octanol–water partition coefficient (Wildman–Crippen LogP) is 3.00. The maximum atomic E-state index is 12.5. The zero-order valence-electron chi connectivity index (χ0n) is 14.9. The van der Waals surface area contributed by atoms with Crippen LogP contribution in [0.2, 0.25) is 0 Å². The fraction of sp³-hybridized carbons (Fsp3) is 0.579. The number of hydrogen-bond donors (Lipinski definition) is 0. The summed E-state index contributed by atoms with van der Waals surface area (Å²) in [5.41, 5.74) is 1.30. The van der Waals surface area contributed by atoms with E-state index in [0.717, 1.165) is 57.0 Å². The van der Waals surface area contributed by atoms with Crippen LogP contribution in [0.25, 0.3) is 0 Å². The second kappa shape index (κ2) is 6.92. The van der Waals surface area contributed by atoms with Gasteiger partial charge < -0.3 is 9.47 Å². The summed E-state index contributed by atoms with van der Waals surface area (Å²) in [5.74, 6) is 1.36. The van der Waals surface area contributed by atoms with Gasteiger partial charge in [0, 0.05) is 37.9 Å². The van der Waals surface area contributed by atoms with E-state index in [-0.39, 0.29) is 5.91 Å². The van der Waals surface area contributed by atoms with E-state index in [9.17, 15) is 4.79 Å². The van der Waals surface area contributed by atoms with E-state index in [4.69, 9.17) is 0 Å². The Bertz CT molecular complexity index is 706. The van der Waals surface area contributed by atoms with Gasteiger partial charge in [0.1, 0.15) is 5.82 Å². The van der Waals surface area contributed by atoms with Crippen molar-refractivity contribution in [1.82, 2.24) is 19.4 Å². The highest BCUT2D eigenvalue weighted by Crippen LogP contribution is 2.41. The fourth-order valence-corrected chi connectivity index (χ4v) is 4.82. The molecular weight excluding hydrogens is 332 g/mol. The maximum Gasteiger partial charge on any atom is 0.254 e. The molecule has 2 aromatic rings. The third kappa shape index (κ3) is 3.51. The lowest BCUT2D eigenvalue weighted by atomic mass is 9.71. The van der Waals surface area contributed by atoms with Gasteiger partial charge in [0.2, 0.25) is 0 Å². The first-order chi connectivity index (χ1) is 12.2. The molecule has 0 aliphatic carbocycles. The second-order valence-corrected chi connectivity index (χ2v) is 8.31. The van der Waals surface area contributed by atoms with E-state index in [1.54, 1.807) is 11.3 Å². The number of imidazole rings is 1. The summed E-state index contributed by atoms with van der Waals surface area (Å²) in [6.07, 6.45) is 8.69. The number of amides is 1. The monoisotopic (exact) mass is 358 g/mol. The van der Waals surface area contributed by atoms with Crippen LogP contribution in [0.4, 0.5) is 0 Å². The van der Waals surface area contributed by atoms with E-state index in [1.807, 2.05) is 34.1 Å². The number of aryl methyl sites for hydroxylation is 1. The molecule has 5 nitrogen and oxygen atoms in total. The minimum atomic E-state index is 0.211. The lowest BCUT2D eigenvalue weighted by molar-refractivity contribution is 0.0278. The van der Waals surface area contributed by atoms with Crippen molar-refractivity contribution in [3.05, 3.63) is 40.6 Å². The second-order valence-electron chi connectivity index (χ2n) is 7.53. The van der Waals surface area contributed by atoms with Gasteiger partial charge in [0.25, 0.3) is 5.91 Å². The number of carbonyl (C=O) groups is 1. The minimum Gasteiger partial charge on any atom is -0.339 e. The van der Waals surface area contributed by atoms with Crippen LogP contribution >= 0.6 is 11.3 Å². The van der Waals surface area contributed by atoms with Crippen LogP contribution in [0.3, 0.4) is 0 Å². The normalized spacial score (nSPS) is 20.9. The van der Waals surface area contributed by atoms with Crippen molar-refractivity contribution in [2.75, 3.05) is 26.2 Å². The number of nitrogens with zero attached hydrogens (tertiary/aromatic N) is 4. The van der Waals surface area contributed by atoms with Gasteiger partial charge in [-0.2, -0.15) is 11.3 Å². The molecule has 0 bridgehead atoms. The van der Waals surface area contributed by atoms with Gasteiger partial charge in [-0.25, -0.2) is 4.98 Å². The highest BCUT2D eigenvalue weighted by molar-refractivity contribution is 7.08. The Kier molecular flexibility index (Phi) is 4.65. The van der Waals surface area contributed by atoms with Crippen molar-refractivity contribution < 1.29 is 4.79 Å². The van der Waals surface area contributed by atoms with Crippen LogP contribution in [0.15, 0.2) is 29.2 Å². The Morgan fingerprint density at radius 2 is 1.92 bits per heavy atom. The lowest BCUT2D eigenvalue weighted by Crippen LogP contribution is -2.48. The Labute approximate surface area is 153 Å². The molecule has 1 amide bonds. The number of carbonyl (C=O) groups excluding carboxylic acids is 1. The third-order valence-electron chi connectivity index (χ3n) is 6.08. The number of likely N-dealkylation sites (tertiary alicyclic amines) is 2. The highest BCUT2D eigenvalue weighted by Gasteiger charge is 2.38. The number of thiophene rings is 1. The molecule has 0 aromatic carbocycles. The van der Waals surface area contributed by atoms with Crippen molar-refractivity contribution in [3.63, 3.8) is 0 Å². The van der Waals surface area contributed by atoms with Crippen molar-refractivity contribution in [2.45, 2.75) is 32.2 Å². The van der Waals surface area contributed by atoms with E-state index in [2.05, 4.69) is 21.5 Å². The molecule has 2 aliphatic rings. The standard InChI is InChI=1S/C19H26N4OS/c1-21-12-7-20-17(21)14-22-8-3-19(4-9-22)5-10-23(11-6-19)18(24)16-2-13-25-15-16/h2,7,12-13,15H,3-6,8-11,14H2,1H3. The first kappa shape index (κ1) is 16.8. The molecule has 0 atom stereocenters. The molecule has 0 saturated carbocycles. The molecule has 0 unspecified atom stereocenters. The molecule has 6 heteroatoms. The van der Waals surface area contributed by atoms with Gasteiger partial charge in [-0.1, -0.05) is 0 Å². The number of aromatic nitrogens is 2. The molecule has 4 rings (SSSR count). The van der Waals surface area contributed by atoms with Crippen LogP contribution in [-0.4, -0.2) is 51.4 Å². The van der Waals surface area contributed by atoms with E-state index < -0.39 is 0 Å². The molecule has 2 aromatic heterocycles. The van der Waals surface area contributed by atoms with Gasteiger partial charge >= 0.3 is 0 Å². The van der Waals surface area contributed by atoms with Crippen molar-refractivity contribution in [1.29, 1.82) is 0 Å². The SMILES string of the molecule is Cn1ccnc1CN1CCC2(CC1)CCN(C(=O)c1ccsc1)CC2. The first-order valence-electron chi connectivity index (χ1n) is 9.15. The van der Waals surface area contributed by atoms with Crippen LogP contribution in [0.1, 0.15) is 41.9 Å². The molecule has 2 aliphatic heterocycles. The predicted molar refractivity (Wildman–Crippen MR) is 99.6 cm³/mol. The highest BCUT2D eigenvalue weighted by atomic mass is 32.1. The van der Waals surface area contributed by atoms with Crippen LogP contribution in [-0.2, 0) is 13.6 Å². The maximum absolute atomic E-state index is 12.5. The smallest absolute Gasteiger partial charge is 0.254 e. The van der Waals surface area contributed by atoms with Crippen LogP contribution in [0.5, 0.6) is 0 Å². The minimum absolute atomic E-state index is 0.211. The van der Waals surface area contributed by atoms with E-state index in [1.165, 1.54) is 12.8 Å². The molecule has 25 heavy (non-hydrogen) atoms. The topological polar surface area (TPSA) is 41.4 Å². The first-order valence-corrected chi connectivity index (χ1v) is 10.1. The van der Waals surface area contributed by atoms with Gasteiger partial charge in [-0.15, -0.1) is 0 Å². The number of piperidine rings is 2. The Hall–Kier alpha value is -1.66. The van der Waals surface area contributed by atoms with Crippen molar-refractivity contribution in [3.8, 4) is 0 Å². The molecule has 2 fully saturated rings. The molecule has 2 saturated heterocycles. The van der Waals surface area contributed by atoms with Crippen molar-refractivity contribution in [2.24, 2.45) is 12.5 Å². The molecule has 0 N–H and O–H groups in total. The zero-order chi connectivity index (χ0) is 17.3. The number of rotatable bonds is 3. The van der Waals surface area contributed by atoms with Crippen molar-refractivity contribution >= 4 is 17.2 Å². The molecular formula is C19H26N4OS. The quantitative estimate of drug-likeness (QED) is 0.847. The third-order valence-corrected chi connectivity index (χ3v) is 6.77. The van der Waals surface area contributed by atoms with Crippen LogP contribution in [0, 0.1) is 5.41 Å². The Morgan fingerprint density at radius 1 is 1.20 bits per heavy atom. The van der Waals surface area contributed by atoms with Gasteiger partial charge in [-0.05, 0) is 55.6 Å². The van der Waals surface area contributed by atoms with E-state index in [0.29, 0.717) is 5.41 Å². The molecule has 4 heterocycles. The summed E-state index contributed by atoms with van der Waals surface area (Å²) in [5, 5.41) is 3.94. The average Bonchev–Trinajstić information content (AvgIpc) is 3.30. The van der Waals surface area contributed by atoms with Gasteiger partial charge in [0.05, 0.1) is 12.1 Å². The Balaban J connectivity index is 1.29. The summed E-state index contributed by atoms with van der Waals surface area (Å²) in [6.45, 7) is 5.06. The summed E-state index contributed by atoms with van der Waals surface area (Å²) >= 11 is 1.60. The summed E-state index contributed by atoms with van der Waals surface area (Å²) < 4.78 is 2.11. The van der Waals surface area contributed by atoms with Gasteiger partial charge in [0.15, 0.2) is 0 Å². The molecule has 0 radical (unpaired) electrons. The Morgan fingerprint density at radius 3 is 2.52 bits per heavy atom. The van der Waals surface area contributed by atoms with Gasteiger partial charge in [-0.3, -0.25) is 9.69 Å². The largest absolute Gasteiger partial charge is 0.339 e.